The van der Waals surface area contributed by atoms with E-state index in [1.807, 2.05) is 45.0 Å². The van der Waals surface area contributed by atoms with Gasteiger partial charge in [-0.1, -0.05) is 12.1 Å². The predicted molar refractivity (Wildman–Crippen MR) is 113 cm³/mol. The zero-order valence-corrected chi connectivity index (χ0v) is 18.0. The maximum Gasteiger partial charge on any atom is 0.410 e. The van der Waals surface area contributed by atoms with Gasteiger partial charge in [-0.25, -0.2) is 14.8 Å². The quantitative estimate of drug-likeness (QED) is 0.584. The molecule has 1 amide bonds. The van der Waals surface area contributed by atoms with Gasteiger partial charge in [0.25, 0.3) is 0 Å². The van der Waals surface area contributed by atoms with Crippen molar-refractivity contribution in [2.75, 3.05) is 13.1 Å². The van der Waals surface area contributed by atoms with Gasteiger partial charge < -0.3 is 14.6 Å². The van der Waals surface area contributed by atoms with Gasteiger partial charge >= 0.3 is 6.09 Å². The Labute approximate surface area is 174 Å². The largest absolute Gasteiger partial charge is 0.444 e. The van der Waals surface area contributed by atoms with E-state index in [9.17, 15) is 9.59 Å². The maximum atomic E-state index is 12.7. The number of nitrogens with zero attached hydrogens (tertiary/aromatic N) is 3. The number of amides is 1. The maximum absolute atomic E-state index is 12.7. The number of rotatable bonds is 7. The lowest BCUT2D eigenvalue weighted by Gasteiger charge is -2.27. The average Bonchev–Trinajstić information content (AvgIpc) is 3.26. The zero-order chi connectivity index (χ0) is 21.0. The van der Waals surface area contributed by atoms with Crippen LogP contribution in [0.1, 0.15) is 49.0 Å². The molecule has 2 aromatic heterocycles. The molecule has 0 atom stereocenters. The Morgan fingerprint density at radius 2 is 1.86 bits per heavy atom. The summed E-state index contributed by atoms with van der Waals surface area (Å²) in [4.78, 5) is 38.0. The van der Waals surface area contributed by atoms with Crippen molar-refractivity contribution in [1.29, 1.82) is 0 Å². The number of H-pyrrole nitrogens is 1. The molecule has 1 N–H and O–H groups in total. The summed E-state index contributed by atoms with van der Waals surface area (Å²) in [5.74, 6) is 0.772. The van der Waals surface area contributed by atoms with Crippen LogP contribution < -0.4 is 0 Å². The van der Waals surface area contributed by atoms with E-state index < -0.39 is 5.60 Å². The third-order valence-corrected chi connectivity index (χ3v) is 5.13. The number of aromatic nitrogens is 3. The molecule has 0 radical (unpaired) electrons. The molecule has 2 heterocycles. The van der Waals surface area contributed by atoms with Crippen LogP contribution in [0, 0.1) is 0 Å². The third-order valence-electron chi connectivity index (χ3n) is 4.22. The number of fused-ring (bicyclic) bond motifs is 1. The number of ether oxygens (including phenoxy) is 1. The highest BCUT2D eigenvalue weighted by Crippen LogP contribution is 2.15. The molecule has 0 aliphatic rings. The van der Waals surface area contributed by atoms with Crippen LogP contribution in [-0.4, -0.2) is 50.4 Å². The molecule has 0 fully saturated rings. The second-order valence-electron chi connectivity index (χ2n) is 7.85. The molecule has 0 unspecified atom stereocenters. The SMILES string of the molecule is CC(=O)c1csc(CCN(CCc2nc3ccccc3[nH]2)C(=O)OC(C)(C)C)n1. The van der Waals surface area contributed by atoms with Crippen LogP contribution in [0.25, 0.3) is 11.0 Å². The van der Waals surface area contributed by atoms with Gasteiger partial charge in [-0.3, -0.25) is 4.79 Å². The predicted octanol–water partition coefficient (Wildman–Crippen LogP) is 4.24. The Morgan fingerprint density at radius 1 is 1.14 bits per heavy atom. The van der Waals surface area contributed by atoms with E-state index in [4.69, 9.17) is 4.74 Å². The molecule has 0 saturated heterocycles. The van der Waals surface area contributed by atoms with Crippen molar-refractivity contribution in [3.8, 4) is 0 Å². The zero-order valence-electron chi connectivity index (χ0n) is 17.2. The number of hydrogen-bond donors (Lipinski definition) is 1. The number of para-hydroxylation sites is 2. The van der Waals surface area contributed by atoms with Crippen molar-refractivity contribution in [2.24, 2.45) is 0 Å². The fourth-order valence-corrected chi connectivity index (χ4v) is 3.63. The van der Waals surface area contributed by atoms with E-state index in [1.165, 1.54) is 18.3 Å². The molecule has 3 rings (SSSR count). The van der Waals surface area contributed by atoms with Crippen molar-refractivity contribution in [3.05, 3.63) is 46.2 Å². The highest BCUT2D eigenvalue weighted by Gasteiger charge is 2.22. The first-order valence-corrected chi connectivity index (χ1v) is 10.5. The van der Waals surface area contributed by atoms with Crippen LogP contribution in [0.2, 0.25) is 0 Å². The second kappa shape index (κ2) is 8.73. The highest BCUT2D eigenvalue weighted by atomic mass is 32.1. The normalized spacial score (nSPS) is 11.6. The molecule has 154 valence electrons. The fraction of sp³-hybridized carbons (Fsp3) is 0.429. The third kappa shape index (κ3) is 5.87. The number of nitrogens with one attached hydrogen (secondary N) is 1. The molecule has 7 nitrogen and oxygen atoms in total. The van der Waals surface area contributed by atoms with Crippen molar-refractivity contribution in [1.82, 2.24) is 19.9 Å². The number of aromatic amines is 1. The molecule has 29 heavy (non-hydrogen) atoms. The summed E-state index contributed by atoms with van der Waals surface area (Å²) in [7, 11) is 0. The number of hydrogen-bond acceptors (Lipinski definition) is 6. The molecular formula is C21H26N4O3S. The Bertz CT molecular complexity index is 970. The number of ketones is 1. The van der Waals surface area contributed by atoms with Gasteiger partial charge in [0.2, 0.25) is 0 Å². The number of thiazole rings is 1. The molecule has 8 heteroatoms. The van der Waals surface area contributed by atoms with Crippen molar-refractivity contribution >= 4 is 34.2 Å². The summed E-state index contributed by atoms with van der Waals surface area (Å²) in [5, 5.41) is 2.58. The van der Waals surface area contributed by atoms with Crippen LogP contribution in [0.3, 0.4) is 0 Å². The van der Waals surface area contributed by atoms with E-state index in [0.29, 0.717) is 31.6 Å². The molecule has 0 aliphatic carbocycles. The number of benzene rings is 1. The van der Waals surface area contributed by atoms with E-state index in [-0.39, 0.29) is 11.9 Å². The van der Waals surface area contributed by atoms with Gasteiger partial charge in [-0.05, 0) is 32.9 Å². The fourth-order valence-electron chi connectivity index (χ4n) is 2.80. The first kappa shape index (κ1) is 21.0. The van der Waals surface area contributed by atoms with E-state index in [0.717, 1.165) is 21.9 Å². The van der Waals surface area contributed by atoms with Crippen molar-refractivity contribution in [2.45, 2.75) is 46.1 Å². The lowest BCUT2D eigenvalue weighted by atomic mass is 10.2. The topological polar surface area (TPSA) is 88.2 Å². The van der Waals surface area contributed by atoms with Gasteiger partial charge in [-0.15, -0.1) is 11.3 Å². The van der Waals surface area contributed by atoms with Crippen LogP contribution in [-0.2, 0) is 17.6 Å². The summed E-state index contributed by atoms with van der Waals surface area (Å²) in [6, 6.07) is 7.84. The Morgan fingerprint density at radius 3 is 2.52 bits per heavy atom. The standard InChI is InChI=1S/C21H26N4O3S/c1-14(26)17-13-29-19(24-17)10-12-25(20(27)28-21(2,3)4)11-9-18-22-15-7-5-6-8-16(15)23-18/h5-8,13H,9-12H2,1-4H3,(H,22,23). The Kier molecular flexibility index (Phi) is 6.32. The summed E-state index contributed by atoms with van der Waals surface area (Å²) in [6.45, 7) is 7.98. The molecule has 0 saturated carbocycles. The van der Waals surface area contributed by atoms with Gasteiger partial charge in [0, 0.05) is 38.2 Å². The summed E-state index contributed by atoms with van der Waals surface area (Å²) < 4.78 is 5.56. The van der Waals surface area contributed by atoms with Crippen molar-refractivity contribution < 1.29 is 14.3 Å². The monoisotopic (exact) mass is 414 g/mol. The van der Waals surface area contributed by atoms with Gasteiger partial charge in [-0.2, -0.15) is 0 Å². The summed E-state index contributed by atoms with van der Waals surface area (Å²) >= 11 is 1.43. The highest BCUT2D eigenvalue weighted by molar-refractivity contribution is 7.09. The molecular weight excluding hydrogens is 388 g/mol. The van der Waals surface area contributed by atoms with Crippen LogP contribution in [0.5, 0.6) is 0 Å². The molecule has 0 bridgehead atoms. The Hall–Kier alpha value is -2.74. The van der Waals surface area contributed by atoms with Gasteiger partial charge in [0.05, 0.1) is 16.0 Å². The lowest BCUT2D eigenvalue weighted by Crippen LogP contribution is -2.39. The van der Waals surface area contributed by atoms with E-state index in [1.54, 1.807) is 10.3 Å². The van der Waals surface area contributed by atoms with Crippen LogP contribution >= 0.6 is 11.3 Å². The first-order valence-electron chi connectivity index (χ1n) is 9.58. The Balaban J connectivity index is 1.67. The average molecular weight is 415 g/mol. The van der Waals surface area contributed by atoms with Crippen LogP contribution in [0.15, 0.2) is 29.6 Å². The minimum Gasteiger partial charge on any atom is -0.444 e. The first-order chi connectivity index (χ1) is 13.7. The molecule has 0 aliphatic heterocycles. The lowest BCUT2D eigenvalue weighted by molar-refractivity contribution is 0.0253. The summed E-state index contributed by atoms with van der Waals surface area (Å²) in [5.41, 5.74) is 1.78. The van der Waals surface area contributed by atoms with E-state index >= 15 is 0 Å². The smallest absolute Gasteiger partial charge is 0.410 e. The number of carbonyl (C=O) groups is 2. The second-order valence-corrected chi connectivity index (χ2v) is 8.79. The molecule has 1 aromatic carbocycles. The minimum atomic E-state index is -0.572. The van der Waals surface area contributed by atoms with Crippen LogP contribution in [0.4, 0.5) is 4.79 Å². The number of Topliss-reactive ketones (excluding diaryl/α,β-unsaturated/α-hetero) is 1. The summed E-state index contributed by atoms with van der Waals surface area (Å²) in [6.07, 6.45) is 0.791. The van der Waals surface area contributed by atoms with Gasteiger partial charge in [0.15, 0.2) is 5.78 Å². The minimum absolute atomic E-state index is 0.0543. The van der Waals surface area contributed by atoms with Crippen molar-refractivity contribution in [3.63, 3.8) is 0 Å². The molecule has 3 aromatic rings. The van der Waals surface area contributed by atoms with Gasteiger partial charge in [0.1, 0.15) is 17.1 Å². The number of carbonyl (C=O) groups excluding carboxylic acids is 2. The number of imidazole rings is 1. The molecule has 0 spiro atoms. The van der Waals surface area contributed by atoms with E-state index in [2.05, 4.69) is 15.0 Å².